The molecular weight excluding hydrogens is 300 g/mol. The summed E-state index contributed by atoms with van der Waals surface area (Å²) >= 11 is 0. The Kier molecular flexibility index (Phi) is 6.97. The number of hydrogen-bond acceptors (Lipinski definition) is 6. The lowest BCUT2D eigenvalue weighted by Gasteiger charge is -2.31. The zero-order valence-electron chi connectivity index (χ0n) is 14.2. The highest BCUT2D eigenvalue weighted by molar-refractivity contribution is 5.67. The normalized spacial score (nSPS) is 25.2. The van der Waals surface area contributed by atoms with Gasteiger partial charge in [0.25, 0.3) is 0 Å². The van der Waals surface area contributed by atoms with Crippen molar-refractivity contribution in [3.8, 4) is 0 Å². The predicted molar refractivity (Wildman–Crippen MR) is 84.6 cm³/mol. The fourth-order valence-electron chi connectivity index (χ4n) is 2.59. The second-order valence-electron chi connectivity index (χ2n) is 5.89. The SMILES string of the molecule is C=CCCC(OC(C)=O)C(OC(C)=O)C1OC(C)(C)O[C@H]1C=C. The third-order valence-corrected chi connectivity index (χ3v) is 3.36. The van der Waals surface area contributed by atoms with Crippen molar-refractivity contribution in [1.29, 1.82) is 0 Å². The Morgan fingerprint density at radius 1 is 1.17 bits per heavy atom. The highest BCUT2D eigenvalue weighted by atomic mass is 16.8. The van der Waals surface area contributed by atoms with Gasteiger partial charge in [-0.25, -0.2) is 0 Å². The molecule has 6 nitrogen and oxygen atoms in total. The van der Waals surface area contributed by atoms with E-state index < -0.39 is 42.1 Å². The van der Waals surface area contributed by atoms with Crippen LogP contribution in [0.25, 0.3) is 0 Å². The Hall–Kier alpha value is -1.66. The van der Waals surface area contributed by atoms with Gasteiger partial charge in [0, 0.05) is 13.8 Å². The van der Waals surface area contributed by atoms with Gasteiger partial charge in [-0.05, 0) is 26.7 Å². The summed E-state index contributed by atoms with van der Waals surface area (Å²) in [4.78, 5) is 22.9. The molecule has 0 aromatic carbocycles. The number of rotatable bonds is 8. The Labute approximate surface area is 137 Å². The first-order chi connectivity index (χ1) is 10.7. The summed E-state index contributed by atoms with van der Waals surface area (Å²) in [5.74, 6) is -1.78. The molecule has 1 fully saturated rings. The van der Waals surface area contributed by atoms with Crippen molar-refractivity contribution in [2.24, 2.45) is 0 Å². The van der Waals surface area contributed by atoms with Crippen LogP contribution in [0, 0.1) is 0 Å². The summed E-state index contributed by atoms with van der Waals surface area (Å²) in [5.41, 5.74) is 0. The van der Waals surface area contributed by atoms with Crippen molar-refractivity contribution in [2.75, 3.05) is 0 Å². The van der Waals surface area contributed by atoms with Crippen LogP contribution in [0.1, 0.15) is 40.5 Å². The lowest BCUT2D eigenvalue weighted by Crippen LogP contribution is -2.47. The molecule has 6 heteroatoms. The molecule has 1 rings (SSSR count). The number of allylic oxidation sites excluding steroid dienone is 1. The summed E-state index contributed by atoms with van der Waals surface area (Å²) in [6.07, 6.45) is 1.84. The van der Waals surface area contributed by atoms with Gasteiger partial charge in [-0.3, -0.25) is 9.59 Å². The molecule has 4 atom stereocenters. The number of hydrogen-bond donors (Lipinski definition) is 0. The smallest absolute Gasteiger partial charge is 0.303 e. The summed E-state index contributed by atoms with van der Waals surface area (Å²) in [7, 11) is 0. The molecular formula is C17H26O6. The molecule has 0 aliphatic carbocycles. The maximum atomic E-state index is 11.5. The van der Waals surface area contributed by atoms with Gasteiger partial charge in [0.1, 0.15) is 18.3 Å². The third kappa shape index (κ3) is 5.80. The molecule has 0 aromatic heterocycles. The summed E-state index contributed by atoms with van der Waals surface area (Å²) < 4.78 is 22.4. The third-order valence-electron chi connectivity index (χ3n) is 3.36. The zero-order chi connectivity index (χ0) is 17.6. The van der Waals surface area contributed by atoms with Crippen molar-refractivity contribution in [1.82, 2.24) is 0 Å². The van der Waals surface area contributed by atoms with Crippen molar-refractivity contribution < 1.29 is 28.5 Å². The molecule has 1 saturated heterocycles. The molecule has 23 heavy (non-hydrogen) atoms. The van der Waals surface area contributed by atoms with Gasteiger partial charge in [-0.2, -0.15) is 0 Å². The molecule has 0 saturated carbocycles. The van der Waals surface area contributed by atoms with E-state index in [0.717, 1.165) is 0 Å². The minimum absolute atomic E-state index is 0.454. The van der Waals surface area contributed by atoms with E-state index in [-0.39, 0.29) is 0 Å². The van der Waals surface area contributed by atoms with E-state index in [4.69, 9.17) is 18.9 Å². The topological polar surface area (TPSA) is 71.1 Å². The fraction of sp³-hybridized carbons (Fsp3) is 0.647. The second-order valence-corrected chi connectivity index (χ2v) is 5.89. The fourth-order valence-corrected chi connectivity index (χ4v) is 2.59. The van der Waals surface area contributed by atoms with Crippen molar-refractivity contribution >= 4 is 11.9 Å². The Morgan fingerprint density at radius 3 is 2.26 bits per heavy atom. The van der Waals surface area contributed by atoms with Gasteiger partial charge in [0.15, 0.2) is 11.9 Å². The van der Waals surface area contributed by atoms with E-state index in [1.165, 1.54) is 13.8 Å². The van der Waals surface area contributed by atoms with Gasteiger partial charge in [-0.1, -0.05) is 12.2 Å². The van der Waals surface area contributed by atoms with Crippen molar-refractivity contribution in [2.45, 2.75) is 70.7 Å². The summed E-state index contributed by atoms with van der Waals surface area (Å²) in [5, 5.41) is 0. The Balaban J connectivity index is 3.07. The standard InChI is InChI=1S/C17H26O6/c1-7-9-10-14(20-11(3)18)15(21-12(4)19)16-13(8-2)22-17(5,6)23-16/h7-8,13-16H,1-2,9-10H2,3-6H3/t13-,14?,15?,16?/m0/s1. The zero-order valence-corrected chi connectivity index (χ0v) is 14.2. The number of esters is 2. The minimum Gasteiger partial charge on any atom is -0.458 e. The first-order valence-electron chi connectivity index (χ1n) is 7.63. The highest BCUT2D eigenvalue weighted by Gasteiger charge is 2.48. The second kappa shape index (κ2) is 8.26. The minimum atomic E-state index is -0.846. The summed E-state index contributed by atoms with van der Waals surface area (Å²) in [6, 6.07) is 0. The van der Waals surface area contributed by atoms with Crippen LogP contribution in [-0.4, -0.2) is 42.1 Å². The average molecular weight is 326 g/mol. The van der Waals surface area contributed by atoms with Crippen LogP contribution in [0.15, 0.2) is 25.3 Å². The molecule has 0 aromatic rings. The predicted octanol–water partition coefficient (Wildman–Crippen LogP) is 2.52. The van der Waals surface area contributed by atoms with Gasteiger partial charge in [-0.15, -0.1) is 13.2 Å². The monoisotopic (exact) mass is 326 g/mol. The van der Waals surface area contributed by atoms with E-state index in [0.29, 0.717) is 12.8 Å². The Morgan fingerprint density at radius 2 is 1.78 bits per heavy atom. The molecule has 1 heterocycles. The van der Waals surface area contributed by atoms with Crippen LogP contribution in [-0.2, 0) is 28.5 Å². The van der Waals surface area contributed by atoms with E-state index >= 15 is 0 Å². The molecule has 0 radical (unpaired) electrons. The molecule has 0 N–H and O–H groups in total. The van der Waals surface area contributed by atoms with Crippen LogP contribution in [0.5, 0.6) is 0 Å². The van der Waals surface area contributed by atoms with Crippen molar-refractivity contribution in [3.63, 3.8) is 0 Å². The first-order valence-corrected chi connectivity index (χ1v) is 7.63. The van der Waals surface area contributed by atoms with E-state index in [1.807, 2.05) is 0 Å². The Bertz CT molecular complexity index is 456. The van der Waals surface area contributed by atoms with Gasteiger partial charge in [0.2, 0.25) is 0 Å². The van der Waals surface area contributed by atoms with Gasteiger partial charge >= 0.3 is 11.9 Å². The van der Waals surface area contributed by atoms with Crippen LogP contribution >= 0.6 is 0 Å². The quantitative estimate of drug-likeness (QED) is 0.504. The molecule has 1 aliphatic rings. The average Bonchev–Trinajstić information content (AvgIpc) is 2.75. The van der Waals surface area contributed by atoms with Crippen LogP contribution in [0.2, 0.25) is 0 Å². The number of ether oxygens (including phenoxy) is 4. The van der Waals surface area contributed by atoms with Gasteiger partial charge < -0.3 is 18.9 Å². The molecule has 0 bridgehead atoms. The molecule has 130 valence electrons. The lowest BCUT2D eigenvalue weighted by molar-refractivity contribution is -0.188. The largest absolute Gasteiger partial charge is 0.458 e. The van der Waals surface area contributed by atoms with E-state index in [9.17, 15) is 9.59 Å². The summed E-state index contributed by atoms with van der Waals surface area (Å²) in [6.45, 7) is 13.5. The van der Waals surface area contributed by atoms with Crippen LogP contribution in [0.4, 0.5) is 0 Å². The molecule has 0 amide bonds. The number of carbonyl (C=O) groups is 2. The first kappa shape index (κ1) is 19.4. The van der Waals surface area contributed by atoms with Crippen LogP contribution in [0.3, 0.4) is 0 Å². The molecule has 0 spiro atoms. The maximum Gasteiger partial charge on any atom is 0.303 e. The van der Waals surface area contributed by atoms with E-state index in [2.05, 4.69) is 13.2 Å². The van der Waals surface area contributed by atoms with Crippen LogP contribution < -0.4 is 0 Å². The lowest BCUT2D eigenvalue weighted by atomic mass is 9.99. The van der Waals surface area contributed by atoms with Crippen molar-refractivity contribution in [3.05, 3.63) is 25.3 Å². The maximum absolute atomic E-state index is 11.5. The van der Waals surface area contributed by atoms with E-state index in [1.54, 1.807) is 26.0 Å². The molecule has 3 unspecified atom stereocenters. The molecule has 1 aliphatic heterocycles. The van der Waals surface area contributed by atoms with Gasteiger partial charge in [0.05, 0.1) is 0 Å². The highest BCUT2D eigenvalue weighted by Crippen LogP contribution is 2.34. The number of carbonyl (C=O) groups excluding carboxylic acids is 2.